The Labute approximate surface area is 322 Å². The normalized spacial score (nSPS) is 23.6. The smallest absolute Gasteiger partial charge is 0.319 e. The first kappa shape index (κ1) is 39.3. The number of fused-ring (bicyclic) bond motifs is 3. The molecule has 3 atom stereocenters. The van der Waals surface area contributed by atoms with E-state index in [9.17, 15) is 9.50 Å². The van der Waals surface area contributed by atoms with E-state index >= 15 is 8.78 Å². The summed E-state index contributed by atoms with van der Waals surface area (Å²) in [7, 11) is -2.48. The number of β-amino-alcohol motifs (C(OH)–C–C–N with tert-alkyl or cyclic N) is 1. The predicted octanol–water partition coefficient (Wildman–Crippen LogP) is 8.20. The van der Waals surface area contributed by atoms with Crippen LogP contribution in [-0.2, 0) is 4.74 Å². The Morgan fingerprint density at radius 3 is 2.55 bits per heavy atom. The van der Waals surface area contributed by atoms with E-state index in [1.54, 1.807) is 19.1 Å². The van der Waals surface area contributed by atoms with Crippen LogP contribution in [0.2, 0.25) is 16.6 Å². The van der Waals surface area contributed by atoms with E-state index in [1.807, 2.05) is 11.0 Å². The standard InChI is InChI=1S/C42H52F3N5O4Si/c1-9-31-34(44)12-11-28-17-30(54-55(25(2)3,26(4)5)27(6)7)18-32(35(28)31)37-36(45)38-33(20-46-37)39(49-15-16-52-23-41(8,51)22-49)48-40(47-38)53-24-42-13-10-14-50(42)21-29(43)19-42/h1,11-12,17-18,20,25-27,29,51H,10,13-16,19,21-24H2,2-8H3/t29-,41+,42+/m1/s1. The van der Waals surface area contributed by atoms with Crippen molar-refractivity contribution in [2.75, 3.05) is 50.9 Å². The number of rotatable bonds is 10. The van der Waals surface area contributed by atoms with E-state index < -0.39 is 37.3 Å². The van der Waals surface area contributed by atoms with Crippen LogP contribution in [0.1, 0.15) is 73.3 Å². The van der Waals surface area contributed by atoms with Gasteiger partial charge in [0.25, 0.3) is 8.32 Å². The van der Waals surface area contributed by atoms with Crippen molar-refractivity contribution in [3.63, 3.8) is 0 Å². The zero-order valence-electron chi connectivity index (χ0n) is 32.9. The lowest BCUT2D eigenvalue weighted by Gasteiger charge is -2.42. The molecule has 55 heavy (non-hydrogen) atoms. The quantitative estimate of drug-likeness (QED) is 0.127. The summed E-state index contributed by atoms with van der Waals surface area (Å²) in [5, 5.41) is 12.3. The minimum Gasteiger partial charge on any atom is -0.543 e. The largest absolute Gasteiger partial charge is 0.543 e. The van der Waals surface area contributed by atoms with Gasteiger partial charge in [-0.25, -0.2) is 13.2 Å². The van der Waals surface area contributed by atoms with Crippen LogP contribution in [0.4, 0.5) is 19.0 Å². The third kappa shape index (κ3) is 7.04. The lowest BCUT2D eigenvalue weighted by atomic mass is 9.95. The number of terminal acetylenes is 1. The van der Waals surface area contributed by atoms with Crippen molar-refractivity contribution in [3.05, 3.63) is 47.7 Å². The number of aliphatic hydroxyl groups is 1. The van der Waals surface area contributed by atoms with Crippen LogP contribution >= 0.6 is 0 Å². The highest BCUT2D eigenvalue weighted by molar-refractivity contribution is 6.78. The molecule has 4 aromatic rings. The molecule has 2 aromatic carbocycles. The molecule has 3 saturated heterocycles. The molecule has 3 aliphatic heterocycles. The van der Waals surface area contributed by atoms with Gasteiger partial charge in [0.15, 0.2) is 5.82 Å². The van der Waals surface area contributed by atoms with Gasteiger partial charge in [0.1, 0.15) is 47.0 Å². The van der Waals surface area contributed by atoms with Crippen LogP contribution in [-0.4, -0.2) is 96.6 Å². The molecule has 0 amide bonds. The molecule has 0 radical (unpaired) electrons. The van der Waals surface area contributed by atoms with Crippen LogP contribution in [0.5, 0.6) is 11.8 Å². The van der Waals surface area contributed by atoms with Crippen LogP contribution in [0.3, 0.4) is 0 Å². The molecule has 3 fully saturated rings. The van der Waals surface area contributed by atoms with E-state index in [4.69, 9.17) is 25.3 Å². The number of hydrogen-bond acceptors (Lipinski definition) is 9. The number of ether oxygens (including phenoxy) is 2. The fraction of sp³-hybridized carbons (Fsp3) is 0.548. The summed E-state index contributed by atoms with van der Waals surface area (Å²) in [6.45, 7) is 17.0. The Morgan fingerprint density at radius 2 is 1.84 bits per heavy atom. The van der Waals surface area contributed by atoms with Crippen LogP contribution in [0, 0.1) is 24.0 Å². The molecule has 294 valence electrons. The summed E-state index contributed by atoms with van der Waals surface area (Å²) < 4.78 is 66.6. The van der Waals surface area contributed by atoms with Crippen molar-refractivity contribution < 1.29 is 32.2 Å². The summed E-state index contributed by atoms with van der Waals surface area (Å²) in [4.78, 5) is 18.0. The first-order valence-electron chi connectivity index (χ1n) is 19.4. The zero-order chi connectivity index (χ0) is 39.4. The number of benzene rings is 2. The van der Waals surface area contributed by atoms with Crippen molar-refractivity contribution in [1.29, 1.82) is 0 Å². The molecule has 0 spiro atoms. The fourth-order valence-corrected chi connectivity index (χ4v) is 14.9. The van der Waals surface area contributed by atoms with Gasteiger partial charge in [-0.1, -0.05) is 53.5 Å². The summed E-state index contributed by atoms with van der Waals surface area (Å²) in [5.74, 6) is 1.95. The van der Waals surface area contributed by atoms with Gasteiger partial charge in [0.2, 0.25) is 0 Å². The second-order valence-electron chi connectivity index (χ2n) is 16.9. The van der Waals surface area contributed by atoms with Gasteiger partial charge < -0.3 is 23.9 Å². The predicted molar refractivity (Wildman–Crippen MR) is 212 cm³/mol. The maximum absolute atomic E-state index is 17.5. The number of aromatic nitrogens is 3. The third-order valence-corrected chi connectivity index (χ3v) is 18.1. The maximum Gasteiger partial charge on any atom is 0.319 e. The van der Waals surface area contributed by atoms with E-state index in [2.05, 4.69) is 62.3 Å². The van der Waals surface area contributed by atoms with E-state index in [1.165, 1.54) is 12.3 Å². The number of nitrogens with zero attached hydrogens (tertiary/aromatic N) is 5. The molecule has 0 saturated carbocycles. The number of halogens is 3. The lowest BCUT2D eigenvalue weighted by molar-refractivity contribution is -0.0123. The Bertz CT molecular complexity index is 2120. The highest BCUT2D eigenvalue weighted by Gasteiger charge is 2.50. The molecule has 2 aromatic heterocycles. The Morgan fingerprint density at radius 1 is 1.09 bits per heavy atom. The number of alkyl halides is 1. The summed E-state index contributed by atoms with van der Waals surface area (Å²) in [5.41, 5.74) is -0.845. The molecule has 0 aliphatic carbocycles. The average molecular weight is 776 g/mol. The van der Waals surface area contributed by atoms with E-state index in [0.717, 1.165) is 19.4 Å². The van der Waals surface area contributed by atoms with Crippen LogP contribution in [0.15, 0.2) is 30.5 Å². The maximum atomic E-state index is 17.5. The van der Waals surface area contributed by atoms with Gasteiger partial charge >= 0.3 is 6.01 Å². The summed E-state index contributed by atoms with van der Waals surface area (Å²) in [6.07, 6.45) is 8.50. The second-order valence-corrected chi connectivity index (χ2v) is 22.3. The molecule has 5 heterocycles. The van der Waals surface area contributed by atoms with Gasteiger partial charge in [-0.2, -0.15) is 9.97 Å². The minimum atomic E-state index is -2.48. The number of pyridine rings is 1. The first-order valence-corrected chi connectivity index (χ1v) is 21.6. The van der Waals surface area contributed by atoms with Crippen LogP contribution in [0.25, 0.3) is 32.9 Å². The van der Waals surface area contributed by atoms with Gasteiger partial charge in [-0.15, -0.1) is 6.42 Å². The van der Waals surface area contributed by atoms with Gasteiger partial charge in [0, 0.05) is 36.7 Å². The van der Waals surface area contributed by atoms with E-state index in [0.29, 0.717) is 53.8 Å². The molecule has 0 bridgehead atoms. The van der Waals surface area contributed by atoms with Crippen molar-refractivity contribution >= 4 is 35.8 Å². The van der Waals surface area contributed by atoms with Crippen molar-refractivity contribution in [2.24, 2.45) is 0 Å². The van der Waals surface area contributed by atoms with Gasteiger partial charge in [0.05, 0.1) is 36.2 Å². The lowest BCUT2D eigenvalue weighted by Crippen LogP contribution is -2.50. The van der Waals surface area contributed by atoms with Crippen molar-refractivity contribution in [2.45, 2.75) is 102 Å². The second kappa shape index (κ2) is 14.8. The zero-order valence-corrected chi connectivity index (χ0v) is 33.9. The van der Waals surface area contributed by atoms with Gasteiger partial charge in [-0.3, -0.25) is 9.88 Å². The first-order chi connectivity index (χ1) is 26.1. The van der Waals surface area contributed by atoms with Crippen molar-refractivity contribution in [1.82, 2.24) is 19.9 Å². The molecule has 9 nitrogen and oxygen atoms in total. The topological polar surface area (TPSA) is 93.1 Å². The molecule has 13 heteroatoms. The summed E-state index contributed by atoms with van der Waals surface area (Å²) >= 11 is 0. The minimum absolute atomic E-state index is 0.0114. The molecular weight excluding hydrogens is 724 g/mol. The molecule has 1 N–H and O–H groups in total. The monoisotopic (exact) mass is 775 g/mol. The molecule has 3 aliphatic rings. The van der Waals surface area contributed by atoms with Crippen LogP contribution < -0.4 is 14.1 Å². The SMILES string of the molecule is C#Cc1c(F)ccc2cc(O[Si](C(C)C)(C(C)C)C(C)C)cc(-c3ncc4c(N5CCOC[C@@](C)(O)C5)nc(OC[C@@]56CCCN5C[C@H](F)C6)nc4c3F)c12. The van der Waals surface area contributed by atoms with Gasteiger partial charge in [-0.05, 0) is 66.5 Å². The number of anilines is 1. The van der Waals surface area contributed by atoms with E-state index in [-0.39, 0.29) is 64.7 Å². The Hall–Kier alpha value is -3.96. The fourth-order valence-electron chi connectivity index (χ4n) is 9.70. The highest BCUT2D eigenvalue weighted by atomic mass is 28.4. The van der Waals surface area contributed by atoms with Crippen molar-refractivity contribution in [3.8, 4) is 35.4 Å². The molecule has 0 unspecified atom stereocenters. The Kier molecular flexibility index (Phi) is 10.6. The summed E-state index contributed by atoms with van der Waals surface area (Å²) in [6, 6.07) is 6.44. The Balaban J connectivity index is 1.42. The molecular formula is C42H52F3N5O4Si. The molecule has 7 rings (SSSR count). The number of hydrogen-bond donors (Lipinski definition) is 1. The highest BCUT2D eigenvalue weighted by Crippen LogP contribution is 2.46. The average Bonchev–Trinajstić information content (AvgIpc) is 3.58. The third-order valence-electron chi connectivity index (χ3n) is 12.1.